The Morgan fingerprint density at radius 1 is 0.914 bits per heavy atom. The summed E-state index contributed by atoms with van der Waals surface area (Å²) in [6.07, 6.45) is 0. The number of nitrogens with zero attached hydrogens (tertiary/aromatic N) is 2. The maximum atomic E-state index is 13.7. The normalized spacial score (nSPS) is 11.6. The van der Waals surface area contributed by atoms with Crippen molar-refractivity contribution in [3.8, 4) is 0 Å². The van der Waals surface area contributed by atoms with Gasteiger partial charge in [0.25, 0.3) is 5.91 Å². The summed E-state index contributed by atoms with van der Waals surface area (Å²) in [4.78, 5) is 29.7. The first kappa shape index (κ1) is 25.7. The predicted molar refractivity (Wildman–Crippen MR) is 139 cm³/mol. The molecule has 0 unspecified atom stereocenters. The molecular weight excluding hydrogens is 443 g/mol. The highest BCUT2D eigenvalue weighted by atomic mass is 19.1. The molecule has 0 radical (unpaired) electrons. The maximum Gasteiger partial charge on any atom is 0.319 e. The van der Waals surface area contributed by atoms with E-state index in [-0.39, 0.29) is 24.0 Å². The lowest BCUT2D eigenvalue weighted by Gasteiger charge is -2.32. The summed E-state index contributed by atoms with van der Waals surface area (Å²) in [5.41, 5.74) is 3.82. The third-order valence-corrected chi connectivity index (χ3v) is 5.68. The molecule has 3 amide bonds. The van der Waals surface area contributed by atoms with E-state index in [1.54, 1.807) is 4.90 Å². The molecule has 0 aliphatic carbocycles. The van der Waals surface area contributed by atoms with Gasteiger partial charge in [0.05, 0.1) is 6.04 Å². The molecular formula is C28H33FN4O2. The zero-order valence-electron chi connectivity index (χ0n) is 20.9. The highest BCUT2D eigenvalue weighted by molar-refractivity contribution is 5.94. The quantitative estimate of drug-likeness (QED) is 0.430. The number of carbonyl (C=O) groups excluding carboxylic acids is 2. The fourth-order valence-electron chi connectivity index (χ4n) is 3.89. The molecule has 35 heavy (non-hydrogen) atoms. The van der Waals surface area contributed by atoms with Crippen molar-refractivity contribution in [1.29, 1.82) is 0 Å². The molecule has 0 spiro atoms. The van der Waals surface area contributed by atoms with Crippen molar-refractivity contribution < 1.29 is 14.0 Å². The molecule has 7 heteroatoms. The van der Waals surface area contributed by atoms with Gasteiger partial charge in [-0.15, -0.1) is 0 Å². The Labute approximate surface area is 206 Å². The predicted octanol–water partition coefficient (Wildman–Crippen LogP) is 5.83. The second-order valence-electron chi connectivity index (χ2n) is 9.02. The van der Waals surface area contributed by atoms with Gasteiger partial charge < -0.3 is 20.4 Å². The molecule has 3 aromatic rings. The number of rotatable bonds is 8. The molecule has 3 rings (SSSR count). The largest absolute Gasteiger partial charge is 0.377 e. The number of benzene rings is 3. The van der Waals surface area contributed by atoms with Crippen LogP contribution in [0, 0.1) is 5.82 Å². The van der Waals surface area contributed by atoms with Gasteiger partial charge >= 0.3 is 6.03 Å². The Hall–Kier alpha value is -3.87. The Morgan fingerprint density at radius 2 is 1.57 bits per heavy atom. The van der Waals surface area contributed by atoms with E-state index in [4.69, 9.17) is 0 Å². The van der Waals surface area contributed by atoms with E-state index in [0.29, 0.717) is 17.8 Å². The minimum atomic E-state index is -0.391. The van der Waals surface area contributed by atoms with Gasteiger partial charge in [0.15, 0.2) is 0 Å². The first-order valence-electron chi connectivity index (χ1n) is 11.6. The van der Waals surface area contributed by atoms with E-state index in [2.05, 4.69) is 10.6 Å². The third kappa shape index (κ3) is 6.82. The lowest BCUT2D eigenvalue weighted by molar-refractivity contribution is 0.0674. The van der Waals surface area contributed by atoms with E-state index in [0.717, 1.165) is 16.8 Å². The van der Waals surface area contributed by atoms with Gasteiger partial charge in [-0.2, -0.15) is 0 Å². The zero-order chi connectivity index (χ0) is 25.5. The average molecular weight is 477 g/mol. The Morgan fingerprint density at radius 3 is 2.17 bits per heavy atom. The molecule has 0 saturated carbocycles. The van der Waals surface area contributed by atoms with E-state index < -0.39 is 5.82 Å². The number of anilines is 2. The second kappa shape index (κ2) is 11.5. The van der Waals surface area contributed by atoms with Crippen molar-refractivity contribution in [2.45, 2.75) is 39.4 Å². The molecule has 0 saturated heterocycles. The zero-order valence-corrected chi connectivity index (χ0v) is 20.9. The maximum absolute atomic E-state index is 13.7. The van der Waals surface area contributed by atoms with Gasteiger partial charge in [-0.3, -0.25) is 4.79 Å². The first-order chi connectivity index (χ1) is 16.7. The Balaban J connectivity index is 2.00. The van der Waals surface area contributed by atoms with Crippen molar-refractivity contribution in [3.63, 3.8) is 0 Å². The van der Waals surface area contributed by atoms with Gasteiger partial charge in [-0.1, -0.05) is 30.3 Å². The molecule has 0 heterocycles. The van der Waals surface area contributed by atoms with Crippen LogP contribution in [0.3, 0.4) is 0 Å². The summed E-state index contributed by atoms with van der Waals surface area (Å²) in [7, 11) is 3.87. The van der Waals surface area contributed by atoms with Gasteiger partial charge in [0.2, 0.25) is 0 Å². The van der Waals surface area contributed by atoms with Crippen LogP contribution in [-0.2, 0) is 6.54 Å². The standard InChI is InChI=1S/C28H33FN4O2/c1-19(2)30-28(35)31-25-15-16-26(32(4)5)23(17-25)18-33(20(3)21-9-7-6-8-10-21)27(34)22-11-13-24(29)14-12-22/h6-17,19-20H,18H2,1-5H3,(H2,30,31,35)/t20-/m1/s1. The summed E-state index contributed by atoms with van der Waals surface area (Å²) in [6, 6.07) is 20.5. The van der Waals surface area contributed by atoms with Crippen LogP contribution < -0.4 is 15.5 Å². The van der Waals surface area contributed by atoms with Crippen LogP contribution in [-0.4, -0.2) is 37.0 Å². The van der Waals surface area contributed by atoms with Crippen molar-refractivity contribution >= 4 is 23.3 Å². The molecule has 1 atom stereocenters. The smallest absolute Gasteiger partial charge is 0.319 e. The number of nitrogens with one attached hydrogen (secondary N) is 2. The SMILES string of the molecule is CC(C)NC(=O)Nc1ccc(N(C)C)c(CN(C(=O)c2ccc(F)cc2)[C@H](C)c2ccccc2)c1. The number of halogens is 1. The van der Waals surface area contributed by atoms with Crippen molar-refractivity contribution in [1.82, 2.24) is 10.2 Å². The Bertz CT molecular complexity index is 1150. The van der Waals surface area contributed by atoms with Crippen molar-refractivity contribution in [2.24, 2.45) is 0 Å². The summed E-state index contributed by atoms with van der Waals surface area (Å²) in [5, 5.41) is 5.68. The minimum Gasteiger partial charge on any atom is -0.377 e. The van der Waals surface area contributed by atoms with Crippen molar-refractivity contribution in [2.75, 3.05) is 24.3 Å². The number of hydrogen-bond donors (Lipinski definition) is 2. The first-order valence-corrected chi connectivity index (χ1v) is 11.6. The van der Waals surface area contributed by atoms with Crippen LogP contribution in [0.25, 0.3) is 0 Å². The molecule has 0 aliphatic rings. The fourth-order valence-corrected chi connectivity index (χ4v) is 3.89. The minimum absolute atomic E-state index is 0.00561. The molecule has 0 fully saturated rings. The van der Waals surface area contributed by atoms with E-state index in [1.807, 2.05) is 88.3 Å². The van der Waals surface area contributed by atoms with E-state index in [9.17, 15) is 14.0 Å². The van der Waals surface area contributed by atoms with Gasteiger partial charge in [0, 0.05) is 43.6 Å². The summed E-state index contributed by atoms with van der Waals surface area (Å²) in [5.74, 6) is -0.598. The lowest BCUT2D eigenvalue weighted by atomic mass is 10.0. The van der Waals surface area contributed by atoms with Crippen LogP contribution >= 0.6 is 0 Å². The van der Waals surface area contributed by atoms with Crippen LogP contribution in [0.1, 0.15) is 48.3 Å². The summed E-state index contributed by atoms with van der Waals surface area (Å²) >= 11 is 0. The lowest BCUT2D eigenvalue weighted by Crippen LogP contribution is -2.35. The molecule has 6 nitrogen and oxygen atoms in total. The van der Waals surface area contributed by atoms with Crippen LogP contribution in [0.4, 0.5) is 20.6 Å². The molecule has 0 aliphatic heterocycles. The van der Waals surface area contributed by atoms with Crippen LogP contribution in [0.5, 0.6) is 0 Å². The van der Waals surface area contributed by atoms with Crippen LogP contribution in [0.2, 0.25) is 0 Å². The topological polar surface area (TPSA) is 64.7 Å². The number of amides is 3. The molecule has 2 N–H and O–H groups in total. The highest BCUT2D eigenvalue weighted by Crippen LogP contribution is 2.30. The van der Waals surface area contributed by atoms with Gasteiger partial charge in [-0.25, -0.2) is 9.18 Å². The molecule has 0 bridgehead atoms. The van der Waals surface area contributed by atoms with Crippen LogP contribution in [0.15, 0.2) is 72.8 Å². The van der Waals surface area contributed by atoms with Gasteiger partial charge in [-0.05, 0) is 74.4 Å². The molecule has 0 aromatic heterocycles. The average Bonchev–Trinajstić information content (AvgIpc) is 2.82. The van der Waals surface area contributed by atoms with E-state index >= 15 is 0 Å². The number of carbonyl (C=O) groups is 2. The van der Waals surface area contributed by atoms with Gasteiger partial charge in [0.1, 0.15) is 5.82 Å². The van der Waals surface area contributed by atoms with E-state index in [1.165, 1.54) is 24.3 Å². The number of hydrogen-bond acceptors (Lipinski definition) is 3. The molecule has 184 valence electrons. The second-order valence-corrected chi connectivity index (χ2v) is 9.02. The number of urea groups is 1. The summed E-state index contributed by atoms with van der Waals surface area (Å²) in [6.45, 7) is 6.06. The monoisotopic (exact) mass is 476 g/mol. The molecule has 3 aromatic carbocycles. The Kier molecular flexibility index (Phi) is 8.47. The third-order valence-electron chi connectivity index (χ3n) is 5.68. The summed E-state index contributed by atoms with van der Waals surface area (Å²) < 4.78 is 13.5. The fraction of sp³-hybridized carbons (Fsp3) is 0.286. The highest BCUT2D eigenvalue weighted by Gasteiger charge is 2.25. The van der Waals surface area contributed by atoms with Crippen molar-refractivity contribution in [3.05, 3.63) is 95.3 Å².